The van der Waals surface area contributed by atoms with Crippen LogP contribution in [-0.4, -0.2) is 54.1 Å². The summed E-state index contributed by atoms with van der Waals surface area (Å²) in [5.41, 5.74) is -0.553. The van der Waals surface area contributed by atoms with Crippen LogP contribution in [0.15, 0.2) is 23.2 Å². The molecule has 0 aliphatic rings. The summed E-state index contributed by atoms with van der Waals surface area (Å²) in [6.45, 7) is 9.93. The van der Waals surface area contributed by atoms with Gasteiger partial charge in [-0.1, -0.05) is 6.07 Å². The highest BCUT2D eigenvalue weighted by Gasteiger charge is 2.22. The summed E-state index contributed by atoms with van der Waals surface area (Å²) >= 11 is 0. The van der Waals surface area contributed by atoms with E-state index in [0.717, 1.165) is 0 Å². The van der Waals surface area contributed by atoms with Crippen molar-refractivity contribution in [3.63, 3.8) is 0 Å². The molecule has 1 aromatic rings. The van der Waals surface area contributed by atoms with Crippen molar-refractivity contribution in [1.82, 2.24) is 10.6 Å². The molecule has 3 N–H and O–H groups in total. The Morgan fingerprint density at radius 3 is 1.90 bits per heavy atom. The first kappa shape index (κ1) is 25.9. The van der Waals surface area contributed by atoms with Crippen LogP contribution in [0.5, 0.6) is 0 Å². The van der Waals surface area contributed by atoms with Gasteiger partial charge in [0.1, 0.15) is 11.2 Å². The molecule has 0 saturated carbocycles. The number of aliphatic hydroxyl groups is 1. The number of nitrogens with one attached hydrogen (secondary N) is 2. The third-order valence-electron chi connectivity index (χ3n) is 3.36. The molecule has 2 amide bonds. The molecule has 0 bridgehead atoms. The Morgan fingerprint density at radius 1 is 0.968 bits per heavy atom. The van der Waals surface area contributed by atoms with Crippen LogP contribution in [0, 0.1) is 0 Å². The highest BCUT2D eigenvalue weighted by molar-refractivity contribution is 6.02. The Bertz CT molecular complexity index is 804. The number of carbonyl (C=O) groups excluding carboxylic acids is 3. The summed E-state index contributed by atoms with van der Waals surface area (Å²) in [5, 5.41) is 14.1. The molecule has 0 unspecified atom stereocenters. The third-order valence-corrected chi connectivity index (χ3v) is 3.36. The van der Waals surface area contributed by atoms with Crippen LogP contribution >= 0.6 is 0 Å². The predicted octanol–water partition coefficient (Wildman–Crippen LogP) is 3.04. The van der Waals surface area contributed by atoms with Crippen molar-refractivity contribution in [2.24, 2.45) is 4.99 Å². The van der Waals surface area contributed by atoms with Crippen LogP contribution in [0.2, 0.25) is 0 Å². The zero-order chi connectivity index (χ0) is 23.8. The molecule has 10 nitrogen and oxygen atoms in total. The number of alkyl carbamates (subject to hydrolysis) is 2. The quantitative estimate of drug-likeness (QED) is 0.285. The lowest BCUT2D eigenvalue weighted by Crippen LogP contribution is -2.47. The van der Waals surface area contributed by atoms with Gasteiger partial charge in [-0.05, 0) is 65.7 Å². The number of rotatable bonds is 4. The van der Waals surface area contributed by atoms with Crippen molar-refractivity contribution in [2.75, 3.05) is 13.7 Å². The summed E-state index contributed by atoms with van der Waals surface area (Å²) in [7, 11) is 1.24. The number of hydrogen-bond donors (Lipinski definition) is 3. The van der Waals surface area contributed by atoms with Crippen molar-refractivity contribution in [2.45, 2.75) is 59.2 Å². The Hall–Kier alpha value is -3.14. The lowest BCUT2D eigenvalue weighted by molar-refractivity contribution is 0.0541. The van der Waals surface area contributed by atoms with Crippen LogP contribution in [0.3, 0.4) is 0 Å². The maximum atomic E-state index is 12.2. The fraction of sp³-hybridized carbons (Fsp3) is 0.524. The molecule has 0 fully saturated rings. The largest absolute Gasteiger partial charge is 0.465 e. The minimum absolute atomic E-state index is 0.172. The molecule has 0 saturated heterocycles. The number of benzene rings is 1. The number of methoxy groups -OCH3 is 1. The smallest absolute Gasteiger partial charge is 0.414 e. The maximum Gasteiger partial charge on any atom is 0.414 e. The molecule has 1 aromatic carbocycles. The zero-order valence-electron chi connectivity index (χ0n) is 19.0. The van der Waals surface area contributed by atoms with Gasteiger partial charge < -0.3 is 19.3 Å². The minimum atomic E-state index is -0.852. The van der Waals surface area contributed by atoms with Gasteiger partial charge in [0.25, 0.3) is 0 Å². The molecule has 0 aliphatic heterocycles. The number of carbonyl (C=O) groups is 3. The molecule has 0 heterocycles. The van der Waals surface area contributed by atoms with Crippen LogP contribution in [0.25, 0.3) is 0 Å². The number of esters is 1. The fourth-order valence-corrected chi connectivity index (χ4v) is 2.25. The van der Waals surface area contributed by atoms with Gasteiger partial charge in [0.2, 0.25) is 5.96 Å². The van der Waals surface area contributed by atoms with E-state index >= 15 is 0 Å². The van der Waals surface area contributed by atoms with E-state index in [1.165, 1.54) is 19.2 Å². The van der Waals surface area contributed by atoms with E-state index in [2.05, 4.69) is 15.6 Å². The minimum Gasteiger partial charge on any atom is -0.465 e. The predicted molar refractivity (Wildman–Crippen MR) is 114 cm³/mol. The summed E-state index contributed by atoms with van der Waals surface area (Å²) in [4.78, 5) is 40.6. The fourth-order valence-electron chi connectivity index (χ4n) is 2.25. The van der Waals surface area contributed by atoms with Crippen molar-refractivity contribution < 1.29 is 33.7 Å². The zero-order valence-corrected chi connectivity index (χ0v) is 19.0. The molecular weight excluding hydrogens is 406 g/mol. The molecule has 172 valence electrons. The molecule has 0 spiro atoms. The Kier molecular flexibility index (Phi) is 8.99. The van der Waals surface area contributed by atoms with Crippen LogP contribution in [0.1, 0.15) is 57.5 Å². The van der Waals surface area contributed by atoms with E-state index in [1.807, 2.05) is 0 Å². The Labute approximate surface area is 182 Å². The molecule has 0 atom stereocenters. The van der Waals surface area contributed by atoms with Gasteiger partial charge in [0.05, 0.1) is 18.4 Å². The number of hydrogen-bond acceptors (Lipinski definition) is 8. The first-order chi connectivity index (χ1) is 14.2. The van der Waals surface area contributed by atoms with E-state index in [1.54, 1.807) is 47.6 Å². The summed E-state index contributed by atoms with van der Waals surface area (Å²) in [6.07, 6.45) is -1.47. The number of ether oxygens (including phenoxy) is 3. The number of guanidine groups is 1. The van der Waals surface area contributed by atoms with E-state index in [0.29, 0.717) is 5.56 Å². The van der Waals surface area contributed by atoms with Gasteiger partial charge in [-0.2, -0.15) is 0 Å². The Morgan fingerprint density at radius 2 is 1.48 bits per heavy atom. The lowest BCUT2D eigenvalue weighted by atomic mass is 10.1. The molecule has 0 aromatic heterocycles. The molecule has 0 aliphatic carbocycles. The molecular formula is C21H31N3O7. The van der Waals surface area contributed by atoms with Gasteiger partial charge in [-0.25, -0.2) is 19.4 Å². The van der Waals surface area contributed by atoms with Gasteiger partial charge in [0.15, 0.2) is 0 Å². The second-order valence-corrected chi connectivity index (χ2v) is 8.52. The monoisotopic (exact) mass is 437 g/mol. The average molecular weight is 437 g/mol. The first-order valence-corrected chi connectivity index (χ1v) is 9.65. The van der Waals surface area contributed by atoms with Crippen LogP contribution < -0.4 is 10.6 Å². The highest BCUT2D eigenvalue weighted by atomic mass is 16.6. The molecule has 31 heavy (non-hydrogen) atoms. The third kappa shape index (κ3) is 9.94. The van der Waals surface area contributed by atoms with E-state index in [9.17, 15) is 19.5 Å². The molecule has 0 radical (unpaired) electrons. The lowest BCUT2D eigenvalue weighted by Gasteiger charge is -2.22. The second kappa shape index (κ2) is 10.8. The topological polar surface area (TPSA) is 136 Å². The molecule has 1 rings (SSSR count). The van der Waals surface area contributed by atoms with Crippen LogP contribution in [-0.2, 0) is 20.6 Å². The molecule has 10 heteroatoms. The van der Waals surface area contributed by atoms with E-state index in [-0.39, 0.29) is 30.2 Å². The number of nitrogens with zero attached hydrogens (tertiary/aromatic N) is 1. The van der Waals surface area contributed by atoms with Gasteiger partial charge in [0, 0.05) is 6.61 Å². The second-order valence-electron chi connectivity index (χ2n) is 8.52. The van der Waals surface area contributed by atoms with Crippen LogP contribution in [0.4, 0.5) is 15.3 Å². The SMILES string of the molecule is COC(=O)c1ccc(CCO)c(N=C(NC(=O)OC(C)(C)C)NC(=O)OC(C)(C)C)c1. The van der Waals surface area contributed by atoms with Gasteiger partial charge in [-0.3, -0.25) is 10.6 Å². The summed E-state index contributed by atoms with van der Waals surface area (Å²) < 4.78 is 15.1. The van der Waals surface area contributed by atoms with Crippen molar-refractivity contribution >= 4 is 29.8 Å². The van der Waals surface area contributed by atoms with Gasteiger partial charge >= 0.3 is 18.2 Å². The van der Waals surface area contributed by atoms with Crippen molar-refractivity contribution in [1.29, 1.82) is 0 Å². The van der Waals surface area contributed by atoms with Crippen molar-refractivity contribution in [3.8, 4) is 0 Å². The van der Waals surface area contributed by atoms with E-state index < -0.39 is 29.4 Å². The summed E-state index contributed by atoms with van der Waals surface area (Å²) in [6, 6.07) is 4.54. The number of amides is 2. The number of aliphatic imine (C=N–C) groups is 1. The van der Waals surface area contributed by atoms with Gasteiger partial charge in [-0.15, -0.1) is 0 Å². The first-order valence-electron chi connectivity index (χ1n) is 9.65. The maximum absolute atomic E-state index is 12.2. The van der Waals surface area contributed by atoms with Crippen molar-refractivity contribution in [3.05, 3.63) is 29.3 Å². The Balaban J connectivity index is 3.35. The normalized spacial score (nSPS) is 11.2. The highest BCUT2D eigenvalue weighted by Crippen LogP contribution is 2.22. The standard InChI is InChI=1S/C21H31N3O7/c1-20(2,3)30-18(27)23-17(24-19(28)31-21(4,5)6)22-15-12-14(16(26)29-7)9-8-13(15)10-11-25/h8-9,12,25H,10-11H2,1-7H3,(H2,22,23,24,27,28). The van der Waals surface area contributed by atoms with E-state index in [4.69, 9.17) is 14.2 Å². The summed E-state index contributed by atoms with van der Waals surface area (Å²) in [5.74, 6) is -0.863. The average Bonchev–Trinajstić information content (AvgIpc) is 2.59. The number of aliphatic hydroxyl groups excluding tert-OH is 1.